The van der Waals surface area contributed by atoms with Crippen molar-refractivity contribution in [2.75, 3.05) is 6.61 Å². The third-order valence-electron chi connectivity index (χ3n) is 1.54. The second-order valence-corrected chi connectivity index (χ2v) is 6.05. The number of rotatable bonds is 5. The molecular formula is C8H12NNaO5S2. The van der Waals surface area contributed by atoms with Crippen molar-refractivity contribution in [2.45, 2.75) is 11.8 Å². The minimum atomic E-state index is -4.28. The van der Waals surface area contributed by atoms with E-state index in [4.69, 9.17) is 0 Å². The van der Waals surface area contributed by atoms with Crippen molar-refractivity contribution >= 4 is 49.9 Å². The van der Waals surface area contributed by atoms with E-state index in [1.54, 1.807) is 6.07 Å². The Balaban J connectivity index is 0.00000256. The molecule has 0 aliphatic rings. The molecule has 0 heterocycles. The Labute approximate surface area is 123 Å². The van der Waals surface area contributed by atoms with Crippen LogP contribution in [0.4, 0.5) is 0 Å². The van der Waals surface area contributed by atoms with Gasteiger partial charge in [0.1, 0.15) is 0 Å². The third-order valence-corrected chi connectivity index (χ3v) is 4.67. The molecule has 0 atom stereocenters. The van der Waals surface area contributed by atoms with Gasteiger partial charge in [0.25, 0.3) is 10.0 Å². The second kappa shape index (κ2) is 6.83. The third kappa shape index (κ3) is 5.47. The van der Waals surface area contributed by atoms with Crippen LogP contribution in [0.25, 0.3) is 0 Å². The summed E-state index contributed by atoms with van der Waals surface area (Å²) in [5.74, 6) is 0. The zero-order valence-corrected chi connectivity index (χ0v) is 10.1. The van der Waals surface area contributed by atoms with Crippen molar-refractivity contribution in [3.05, 3.63) is 30.3 Å². The predicted octanol–water partition coefficient (Wildman–Crippen LogP) is -0.402. The molecule has 17 heavy (non-hydrogen) atoms. The molecule has 0 fully saturated rings. The monoisotopic (exact) mass is 289 g/mol. The van der Waals surface area contributed by atoms with E-state index < -0.39 is 20.3 Å². The standard InChI is InChI=1S/C8H11NO5S2.Na.H/c1-2-14-16(12,13)9-15(10,11)8-6-4-3-5-7-8;;/h3-7,9H,2H2,1H3;;. The van der Waals surface area contributed by atoms with Gasteiger partial charge in [-0.2, -0.15) is 8.42 Å². The molecule has 1 rings (SSSR count). The van der Waals surface area contributed by atoms with Gasteiger partial charge in [-0.15, -0.1) is 0 Å². The molecule has 1 aromatic carbocycles. The fourth-order valence-corrected chi connectivity index (χ4v) is 3.44. The van der Waals surface area contributed by atoms with E-state index in [1.807, 2.05) is 0 Å². The first-order valence-electron chi connectivity index (χ1n) is 4.35. The molecule has 0 unspecified atom stereocenters. The van der Waals surface area contributed by atoms with Gasteiger partial charge in [0.05, 0.1) is 11.5 Å². The van der Waals surface area contributed by atoms with E-state index in [0.717, 1.165) is 0 Å². The molecule has 1 aromatic rings. The molecule has 0 radical (unpaired) electrons. The fraction of sp³-hybridized carbons (Fsp3) is 0.250. The zero-order chi connectivity index (χ0) is 12.2. The van der Waals surface area contributed by atoms with Gasteiger partial charge >= 0.3 is 39.9 Å². The molecule has 9 heteroatoms. The summed E-state index contributed by atoms with van der Waals surface area (Å²) >= 11 is 0. The SMILES string of the molecule is CCOS(=O)(=O)NS(=O)(=O)c1ccccc1.[NaH]. The predicted molar refractivity (Wildman–Crippen MR) is 64.5 cm³/mol. The quantitative estimate of drug-likeness (QED) is 0.745. The molecule has 0 spiro atoms. The summed E-state index contributed by atoms with van der Waals surface area (Å²) in [6.07, 6.45) is 0. The Bertz CT molecular complexity index is 541. The molecule has 0 aliphatic heterocycles. The van der Waals surface area contributed by atoms with Gasteiger partial charge in [-0.1, -0.05) is 22.3 Å². The van der Waals surface area contributed by atoms with Gasteiger partial charge in [0, 0.05) is 0 Å². The summed E-state index contributed by atoms with van der Waals surface area (Å²) in [4.78, 5) is -0.140. The van der Waals surface area contributed by atoms with Crippen LogP contribution < -0.4 is 4.13 Å². The van der Waals surface area contributed by atoms with Crippen LogP contribution in [0, 0.1) is 0 Å². The number of nitrogens with one attached hydrogen (secondary N) is 1. The second-order valence-electron chi connectivity index (χ2n) is 2.76. The van der Waals surface area contributed by atoms with Crippen molar-refractivity contribution in [1.82, 2.24) is 4.13 Å². The van der Waals surface area contributed by atoms with E-state index >= 15 is 0 Å². The van der Waals surface area contributed by atoms with Crippen molar-refractivity contribution in [1.29, 1.82) is 0 Å². The van der Waals surface area contributed by atoms with Crippen LogP contribution in [-0.4, -0.2) is 53.0 Å². The average molecular weight is 289 g/mol. The molecule has 1 N–H and O–H groups in total. The van der Waals surface area contributed by atoms with Crippen LogP contribution in [0.3, 0.4) is 0 Å². The van der Waals surface area contributed by atoms with Gasteiger partial charge in [-0.3, -0.25) is 4.18 Å². The zero-order valence-electron chi connectivity index (χ0n) is 8.45. The average Bonchev–Trinajstić information content (AvgIpc) is 2.17. The molecule has 6 nitrogen and oxygen atoms in total. The summed E-state index contributed by atoms with van der Waals surface area (Å²) in [6, 6.07) is 7.16. The van der Waals surface area contributed by atoms with Gasteiger partial charge in [0.2, 0.25) is 0 Å². The van der Waals surface area contributed by atoms with Gasteiger partial charge in [0.15, 0.2) is 0 Å². The molecule has 0 saturated heterocycles. The number of hydrogen-bond acceptors (Lipinski definition) is 5. The normalized spacial score (nSPS) is 11.8. The van der Waals surface area contributed by atoms with E-state index in [9.17, 15) is 16.8 Å². The fourth-order valence-electron chi connectivity index (χ4n) is 0.961. The Morgan fingerprint density at radius 1 is 1.12 bits per heavy atom. The minimum absolute atomic E-state index is 0. The first-order chi connectivity index (χ1) is 7.37. The van der Waals surface area contributed by atoms with E-state index in [2.05, 4.69) is 4.18 Å². The first kappa shape index (κ1) is 17.0. The first-order valence-corrected chi connectivity index (χ1v) is 7.24. The molecule has 0 amide bonds. The van der Waals surface area contributed by atoms with Crippen LogP contribution in [0.5, 0.6) is 0 Å². The summed E-state index contributed by atoms with van der Waals surface area (Å²) in [5.41, 5.74) is 0. The molecular weight excluding hydrogens is 277 g/mol. The maximum atomic E-state index is 11.6. The van der Waals surface area contributed by atoms with Crippen LogP contribution in [0.15, 0.2) is 35.2 Å². The van der Waals surface area contributed by atoms with Crippen molar-refractivity contribution in [3.8, 4) is 0 Å². The molecule has 0 aromatic heterocycles. The molecule has 0 bridgehead atoms. The van der Waals surface area contributed by atoms with E-state index in [0.29, 0.717) is 0 Å². The van der Waals surface area contributed by atoms with E-state index in [1.165, 1.54) is 35.3 Å². The Morgan fingerprint density at radius 2 is 1.65 bits per heavy atom. The molecule has 92 valence electrons. The summed E-state index contributed by atoms with van der Waals surface area (Å²) in [5, 5.41) is 0. The Hall–Kier alpha value is 0.0400. The van der Waals surface area contributed by atoms with Crippen molar-refractivity contribution in [3.63, 3.8) is 0 Å². The van der Waals surface area contributed by atoms with Gasteiger partial charge in [-0.25, -0.2) is 8.42 Å². The van der Waals surface area contributed by atoms with Crippen molar-refractivity contribution in [2.24, 2.45) is 0 Å². The van der Waals surface area contributed by atoms with Crippen LogP contribution >= 0.6 is 0 Å². The van der Waals surface area contributed by atoms with Crippen LogP contribution in [-0.2, 0) is 24.5 Å². The summed E-state index contributed by atoms with van der Waals surface area (Å²) in [7, 11) is -8.38. The Morgan fingerprint density at radius 3 is 2.12 bits per heavy atom. The number of benzene rings is 1. The summed E-state index contributed by atoms with van der Waals surface area (Å²) < 4.78 is 51.1. The van der Waals surface area contributed by atoms with Crippen LogP contribution in [0.2, 0.25) is 0 Å². The van der Waals surface area contributed by atoms with Gasteiger partial charge < -0.3 is 0 Å². The maximum absolute atomic E-state index is 11.6. The number of sulfonamides is 1. The summed E-state index contributed by atoms with van der Waals surface area (Å²) in [6.45, 7) is 1.30. The molecule has 0 aliphatic carbocycles. The van der Waals surface area contributed by atoms with Crippen molar-refractivity contribution < 1.29 is 21.0 Å². The number of hydrogen-bond donors (Lipinski definition) is 1. The topological polar surface area (TPSA) is 89.5 Å². The molecule has 0 saturated carbocycles. The van der Waals surface area contributed by atoms with Gasteiger partial charge in [-0.05, 0) is 19.1 Å². The van der Waals surface area contributed by atoms with Crippen LogP contribution in [0.1, 0.15) is 6.92 Å². The van der Waals surface area contributed by atoms with E-state index in [-0.39, 0.29) is 41.1 Å². The Kier molecular flexibility index (Phi) is 6.85.